The fraction of sp³-hybridized carbons (Fsp3) is 0.533. The molecule has 0 saturated carbocycles. The second-order valence-corrected chi connectivity index (χ2v) is 4.71. The van der Waals surface area contributed by atoms with Crippen LogP contribution >= 0.6 is 0 Å². The van der Waals surface area contributed by atoms with Crippen LogP contribution in [0.15, 0.2) is 18.2 Å². The standard InChI is InChI=1S/C15H23N3/c1-4-15(5-2,6-3)18-13-7-8-14(17)12(11-13)9-10-16/h7-8,11,18H,4-6,9,17H2,1-3H3. The van der Waals surface area contributed by atoms with Gasteiger partial charge in [0.05, 0.1) is 12.5 Å². The van der Waals surface area contributed by atoms with Gasteiger partial charge in [-0.05, 0) is 43.0 Å². The third kappa shape index (κ3) is 3.16. The van der Waals surface area contributed by atoms with Crippen molar-refractivity contribution in [3.05, 3.63) is 23.8 Å². The lowest BCUT2D eigenvalue weighted by atomic mass is 9.89. The molecule has 0 spiro atoms. The highest BCUT2D eigenvalue weighted by Gasteiger charge is 2.23. The van der Waals surface area contributed by atoms with Gasteiger partial charge in [0, 0.05) is 16.9 Å². The lowest BCUT2D eigenvalue weighted by Crippen LogP contribution is -2.36. The highest BCUT2D eigenvalue weighted by molar-refractivity contribution is 5.58. The molecule has 0 radical (unpaired) electrons. The minimum atomic E-state index is 0.139. The number of nitrogens with zero attached hydrogens (tertiary/aromatic N) is 1. The van der Waals surface area contributed by atoms with Crippen LogP contribution in [0.1, 0.15) is 45.6 Å². The molecule has 3 heteroatoms. The highest BCUT2D eigenvalue weighted by atomic mass is 15.0. The molecule has 3 N–H and O–H groups in total. The van der Waals surface area contributed by atoms with Crippen LogP contribution in [0.2, 0.25) is 0 Å². The first kappa shape index (κ1) is 14.4. The number of hydrogen-bond donors (Lipinski definition) is 2. The normalized spacial score (nSPS) is 11.0. The van der Waals surface area contributed by atoms with E-state index in [1.54, 1.807) is 0 Å². The smallest absolute Gasteiger partial charge is 0.0670 e. The van der Waals surface area contributed by atoms with Gasteiger partial charge in [-0.2, -0.15) is 5.26 Å². The number of nitrogens with two attached hydrogens (primary N) is 1. The zero-order valence-corrected chi connectivity index (χ0v) is 11.6. The Labute approximate surface area is 110 Å². The van der Waals surface area contributed by atoms with E-state index in [2.05, 4.69) is 32.2 Å². The van der Waals surface area contributed by atoms with Crippen molar-refractivity contribution < 1.29 is 0 Å². The molecule has 0 saturated heterocycles. The molecule has 98 valence electrons. The van der Waals surface area contributed by atoms with Crippen molar-refractivity contribution in [3.63, 3.8) is 0 Å². The minimum absolute atomic E-state index is 0.139. The van der Waals surface area contributed by atoms with Crippen LogP contribution in [0.25, 0.3) is 0 Å². The molecule has 0 atom stereocenters. The van der Waals surface area contributed by atoms with Gasteiger partial charge < -0.3 is 11.1 Å². The van der Waals surface area contributed by atoms with Crippen LogP contribution in [0.3, 0.4) is 0 Å². The Kier molecular flexibility index (Phi) is 5.03. The van der Waals surface area contributed by atoms with Crippen LogP contribution in [0.5, 0.6) is 0 Å². The second kappa shape index (κ2) is 6.30. The van der Waals surface area contributed by atoms with Crippen LogP contribution in [-0.2, 0) is 6.42 Å². The Morgan fingerprint density at radius 3 is 2.33 bits per heavy atom. The van der Waals surface area contributed by atoms with Gasteiger partial charge in [0.25, 0.3) is 0 Å². The SMILES string of the molecule is CCC(CC)(CC)Nc1ccc(N)c(CC#N)c1. The number of hydrogen-bond acceptors (Lipinski definition) is 3. The minimum Gasteiger partial charge on any atom is -0.398 e. The van der Waals surface area contributed by atoms with Gasteiger partial charge in [0.15, 0.2) is 0 Å². The molecule has 0 unspecified atom stereocenters. The largest absolute Gasteiger partial charge is 0.398 e. The van der Waals surface area contributed by atoms with Gasteiger partial charge in [0.1, 0.15) is 0 Å². The van der Waals surface area contributed by atoms with E-state index >= 15 is 0 Å². The molecule has 1 rings (SSSR count). The second-order valence-electron chi connectivity index (χ2n) is 4.71. The summed E-state index contributed by atoms with van der Waals surface area (Å²) in [5, 5.41) is 12.4. The maximum absolute atomic E-state index is 8.78. The topological polar surface area (TPSA) is 61.8 Å². The highest BCUT2D eigenvalue weighted by Crippen LogP contribution is 2.27. The predicted octanol–water partition coefficient (Wildman–Crippen LogP) is 3.72. The first-order chi connectivity index (χ1) is 8.60. The average molecular weight is 245 g/mol. The summed E-state index contributed by atoms with van der Waals surface area (Å²) in [6, 6.07) is 8.01. The van der Waals surface area contributed by atoms with Crippen molar-refractivity contribution in [1.82, 2.24) is 0 Å². The Hall–Kier alpha value is -1.69. The third-order valence-corrected chi connectivity index (χ3v) is 3.85. The molecule has 0 bridgehead atoms. The molecule has 0 aliphatic carbocycles. The lowest BCUT2D eigenvalue weighted by Gasteiger charge is -2.33. The summed E-state index contributed by atoms with van der Waals surface area (Å²) in [4.78, 5) is 0. The van der Waals surface area contributed by atoms with Crippen molar-refractivity contribution in [1.29, 1.82) is 5.26 Å². The zero-order chi connectivity index (χ0) is 13.6. The molecule has 0 heterocycles. The molecular formula is C15H23N3. The fourth-order valence-electron chi connectivity index (χ4n) is 2.24. The van der Waals surface area contributed by atoms with Crippen LogP contribution in [0, 0.1) is 11.3 Å². The number of nitrogen functional groups attached to an aromatic ring is 1. The van der Waals surface area contributed by atoms with Gasteiger partial charge in [-0.25, -0.2) is 0 Å². The summed E-state index contributed by atoms with van der Waals surface area (Å²) in [7, 11) is 0. The molecule has 1 aromatic rings. The van der Waals surface area contributed by atoms with E-state index in [-0.39, 0.29) is 5.54 Å². The van der Waals surface area contributed by atoms with E-state index in [9.17, 15) is 0 Å². The van der Waals surface area contributed by atoms with E-state index in [1.807, 2.05) is 18.2 Å². The lowest BCUT2D eigenvalue weighted by molar-refractivity contribution is 0.420. The van der Waals surface area contributed by atoms with Crippen LogP contribution < -0.4 is 11.1 Å². The number of nitriles is 1. The molecule has 0 aromatic heterocycles. The molecular weight excluding hydrogens is 222 g/mol. The number of nitrogens with one attached hydrogen (secondary N) is 1. The van der Waals surface area contributed by atoms with E-state index in [0.29, 0.717) is 12.1 Å². The first-order valence-electron chi connectivity index (χ1n) is 6.64. The van der Waals surface area contributed by atoms with Gasteiger partial charge in [0.2, 0.25) is 0 Å². The summed E-state index contributed by atoms with van der Waals surface area (Å²) >= 11 is 0. The quantitative estimate of drug-likeness (QED) is 0.751. The van der Waals surface area contributed by atoms with E-state index in [1.165, 1.54) is 0 Å². The summed E-state index contributed by atoms with van der Waals surface area (Å²) < 4.78 is 0. The summed E-state index contributed by atoms with van der Waals surface area (Å²) in [6.45, 7) is 6.61. The molecule has 3 nitrogen and oxygen atoms in total. The number of anilines is 2. The van der Waals surface area contributed by atoms with E-state index in [0.717, 1.165) is 30.5 Å². The Morgan fingerprint density at radius 2 is 1.83 bits per heavy atom. The first-order valence-corrected chi connectivity index (χ1v) is 6.64. The van der Waals surface area contributed by atoms with Gasteiger partial charge in [-0.1, -0.05) is 20.8 Å². The van der Waals surface area contributed by atoms with Gasteiger partial charge >= 0.3 is 0 Å². The monoisotopic (exact) mass is 245 g/mol. The van der Waals surface area contributed by atoms with Crippen molar-refractivity contribution in [2.24, 2.45) is 0 Å². The molecule has 0 aliphatic rings. The number of rotatable bonds is 6. The number of benzene rings is 1. The predicted molar refractivity (Wildman–Crippen MR) is 77.4 cm³/mol. The van der Waals surface area contributed by atoms with E-state index < -0.39 is 0 Å². The summed E-state index contributed by atoms with van der Waals surface area (Å²) in [6.07, 6.45) is 3.60. The van der Waals surface area contributed by atoms with Crippen molar-refractivity contribution in [2.45, 2.75) is 52.0 Å². The van der Waals surface area contributed by atoms with Gasteiger partial charge in [-0.15, -0.1) is 0 Å². The fourth-order valence-corrected chi connectivity index (χ4v) is 2.24. The van der Waals surface area contributed by atoms with Crippen LogP contribution in [-0.4, -0.2) is 5.54 Å². The molecule has 0 fully saturated rings. The maximum Gasteiger partial charge on any atom is 0.0670 e. The van der Waals surface area contributed by atoms with Crippen molar-refractivity contribution >= 4 is 11.4 Å². The van der Waals surface area contributed by atoms with Crippen molar-refractivity contribution in [3.8, 4) is 6.07 Å². The summed E-state index contributed by atoms with van der Waals surface area (Å²) in [5.41, 5.74) is 8.65. The average Bonchev–Trinajstić information content (AvgIpc) is 2.40. The Bertz CT molecular complexity index is 420. The van der Waals surface area contributed by atoms with E-state index in [4.69, 9.17) is 11.0 Å². The van der Waals surface area contributed by atoms with Crippen molar-refractivity contribution in [2.75, 3.05) is 11.1 Å². The molecule has 0 aliphatic heterocycles. The summed E-state index contributed by atoms with van der Waals surface area (Å²) in [5.74, 6) is 0. The zero-order valence-electron chi connectivity index (χ0n) is 11.6. The third-order valence-electron chi connectivity index (χ3n) is 3.85. The Morgan fingerprint density at radius 1 is 1.22 bits per heavy atom. The molecule has 0 amide bonds. The Balaban J connectivity index is 2.97. The van der Waals surface area contributed by atoms with Crippen LogP contribution in [0.4, 0.5) is 11.4 Å². The molecule has 1 aromatic carbocycles. The van der Waals surface area contributed by atoms with Gasteiger partial charge in [-0.3, -0.25) is 0 Å². The maximum atomic E-state index is 8.78. The molecule has 18 heavy (non-hydrogen) atoms.